The summed E-state index contributed by atoms with van der Waals surface area (Å²) in [5, 5.41) is 3.43. The average Bonchev–Trinajstić information content (AvgIpc) is 2.47. The fourth-order valence-electron chi connectivity index (χ4n) is 2.44. The van der Waals surface area contributed by atoms with E-state index >= 15 is 0 Å². The third kappa shape index (κ3) is 5.10. The van der Waals surface area contributed by atoms with Gasteiger partial charge in [-0.15, -0.1) is 0 Å². The van der Waals surface area contributed by atoms with E-state index in [-0.39, 0.29) is 6.04 Å². The number of nitrogens with one attached hydrogen (secondary N) is 1. The van der Waals surface area contributed by atoms with E-state index in [2.05, 4.69) is 49.5 Å². The molecule has 0 fully saturated rings. The molecule has 0 radical (unpaired) electrons. The van der Waals surface area contributed by atoms with Crippen LogP contribution in [0.4, 0.5) is 0 Å². The van der Waals surface area contributed by atoms with Crippen molar-refractivity contribution in [3.8, 4) is 0 Å². The molecule has 21 heavy (non-hydrogen) atoms. The van der Waals surface area contributed by atoms with E-state index in [0.29, 0.717) is 11.5 Å². The predicted molar refractivity (Wildman–Crippen MR) is 90.8 cm³/mol. The molecule has 1 N–H and O–H groups in total. The Morgan fingerprint density at radius 2 is 1.86 bits per heavy atom. The van der Waals surface area contributed by atoms with Gasteiger partial charge in [0.15, 0.2) is 0 Å². The first kappa shape index (κ1) is 15.9. The Balaban J connectivity index is 2.02. The molecule has 0 aliphatic rings. The molecule has 2 unspecified atom stereocenters. The van der Waals surface area contributed by atoms with E-state index in [1.54, 1.807) is 0 Å². The smallest absolute Gasteiger partial charge is 0.0486 e. The van der Waals surface area contributed by atoms with Crippen molar-refractivity contribution in [1.29, 1.82) is 0 Å². The first-order chi connectivity index (χ1) is 10.2. The van der Waals surface area contributed by atoms with Crippen LogP contribution in [0.2, 0.25) is 0 Å². The molecule has 2 rings (SSSR count). The van der Waals surface area contributed by atoms with Gasteiger partial charge in [-0.3, -0.25) is 4.21 Å². The molecule has 2 atom stereocenters. The largest absolute Gasteiger partial charge is 0.309 e. The molecule has 112 valence electrons. The Hall–Kier alpha value is -1.45. The normalized spacial score (nSPS) is 13.8. The van der Waals surface area contributed by atoms with E-state index in [9.17, 15) is 4.21 Å². The minimum atomic E-state index is -0.874. The Morgan fingerprint density at radius 1 is 1.10 bits per heavy atom. The van der Waals surface area contributed by atoms with Crippen LogP contribution < -0.4 is 5.32 Å². The molecule has 0 saturated heterocycles. The van der Waals surface area contributed by atoms with Crippen molar-refractivity contribution >= 4 is 10.8 Å². The quantitative estimate of drug-likeness (QED) is 0.846. The highest BCUT2D eigenvalue weighted by Crippen LogP contribution is 2.16. The Kier molecular flexibility index (Phi) is 6.15. The fraction of sp³-hybridized carbons (Fsp3) is 0.333. The van der Waals surface area contributed by atoms with Crippen LogP contribution in [0.3, 0.4) is 0 Å². The highest BCUT2D eigenvalue weighted by atomic mass is 32.2. The van der Waals surface area contributed by atoms with Crippen molar-refractivity contribution in [3.05, 3.63) is 71.3 Å². The van der Waals surface area contributed by atoms with Crippen LogP contribution in [-0.2, 0) is 16.6 Å². The number of rotatable bonds is 7. The second-order valence-corrected chi connectivity index (χ2v) is 6.76. The molecule has 0 aromatic heterocycles. The molecule has 2 nitrogen and oxygen atoms in total. The summed E-state index contributed by atoms with van der Waals surface area (Å²) in [7, 11) is -0.874. The number of aryl methyl sites for hydroxylation is 1. The molecule has 0 saturated carbocycles. The minimum Gasteiger partial charge on any atom is -0.309 e. The van der Waals surface area contributed by atoms with Crippen molar-refractivity contribution in [3.63, 3.8) is 0 Å². The summed E-state index contributed by atoms with van der Waals surface area (Å²) in [5.74, 6) is 1.27. The maximum atomic E-state index is 12.5. The summed E-state index contributed by atoms with van der Waals surface area (Å²) < 4.78 is 12.5. The monoisotopic (exact) mass is 301 g/mol. The van der Waals surface area contributed by atoms with Gasteiger partial charge in [0.2, 0.25) is 0 Å². The van der Waals surface area contributed by atoms with Gasteiger partial charge in [-0.1, -0.05) is 67.1 Å². The van der Waals surface area contributed by atoms with Crippen molar-refractivity contribution in [2.45, 2.75) is 25.6 Å². The standard InChI is InChI=1S/C18H23NOS/c1-3-19-18(17-10-5-4-6-11-17)14-21(20)13-16-9-7-8-15(2)12-16/h4-12,18-19H,3,13-14H2,1-2H3. The molecule has 0 bridgehead atoms. The van der Waals surface area contributed by atoms with Crippen LogP contribution in [0.25, 0.3) is 0 Å². The average molecular weight is 301 g/mol. The second kappa shape index (κ2) is 8.11. The van der Waals surface area contributed by atoms with E-state index in [1.165, 1.54) is 11.1 Å². The van der Waals surface area contributed by atoms with Gasteiger partial charge in [0.1, 0.15) is 0 Å². The third-order valence-corrected chi connectivity index (χ3v) is 4.78. The third-order valence-electron chi connectivity index (χ3n) is 3.42. The Bertz CT molecular complexity index is 583. The van der Waals surface area contributed by atoms with Gasteiger partial charge in [0, 0.05) is 28.3 Å². The lowest BCUT2D eigenvalue weighted by Crippen LogP contribution is -2.26. The van der Waals surface area contributed by atoms with Crippen molar-refractivity contribution in [2.24, 2.45) is 0 Å². The number of benzene rings is 2. The highest BCUT2D eigenvalue weighted by molar-refractivity contribution is 7.84. The first-order valence-corrected chi connectivity index (χ1v) is 8.86. The lowest BCUT2D eigenvalue weighted by molar-refractivity contribution is 0.594. The van der Waals surface area contributed by atoms with Gasteiger partial charge in [-0.25, -0.2) is 0 Å². The summed E-state index contributed by atoms with van der Waals surface area (Å²) in [4.78, 5) is 0. The van der Waals surface area contributed by atoms with Crippen molar-refractivity contribution < 1.29 is 4.21 Å². The SMILES string of the molecule is CCNC(CS(=O)Cc1cccc(C)c1)c1ccccc1. The van der Waals surface area contributed by atoms with Crippen LogP contribution in [0.5, 0.6) is 0 Å². The zero-order valence-electron chi connectivity index (χ0n) is 12.7. The van der Waals surface area contributed by atoms with Crippen molar-refractivity contribution in [1.82, 2.24) is 5.32 Å². The van der Waals surface area contributed by atoms with Crippen LogP contribution in [0.1, 0.15) is 29.7 Å². The maximum Gasteiger partial charge on any atom is 0.0486 e. The Labute approximate surface area is 130 Å². The predicted octanol–water partition coefficient (Wildman–Crippen LogP) is 3.59. The van der Waals surface area contributed by atoms with Gasteiger partial charge >= 0.3 is 0 Å². The molecule has 0 spiro atoms. The second-order valence-electron chi connectivity index (χ2n) is 5.26. The summed E-state index contributed by atoms with van der Waals surface area (Å²) in [6.45, 7) is 5.03. The molecule has 0 amide bonds. The zero-order valence-corrected chi connectivity index (χ0v) is 13.5. The van der Waals surface area contributed by atoms with Gasteiger partial charge in [-0.05, 0) is 24.6 Å². The van der Waals surface area contributed by atoms with Gasteiger partial charge in [0.05, 0.1) is 0 Å². The topological polar surface area (TPSA) is 29.1 Å². The summed E-state index contributed by atoms with van der Waals surface area (Å²) in [6.07, 6.45) is 0. The number of hydrogen-bond acceptors (Lipinski definition) is 2. The van der Waals surface area contributed by atoms with Crippen LogP contribution >= 0.6 is 0 Å². The molecule has 3 heteroatoms. The van der Waals surface area contributed by atoms with Gasteiger partial charge in [0.25, 0.3) is 0 Å². The molecular formula is C18H23NOS. The van der Waals surface area contributed by atoms with E-state index in [1.807, 2.05) is 24.3 Å². The molecule has 0 heterocycles. The molecule has 0 aliphatic heterocycles. The molecule has 2 aromatic rings. The highest BCUT2D eigenvalue weighted by Gasteiger charge is 2.14. The molecular weight excluding hydrogens is 278 g/mol. The van der Waals surface area contributed by atoms with E-state index in [0.717, 1.165) is 12.1 Å². The Morgan fingerprint density at radius 3 is 2.52 bits per heavy atom. The minimum absolute atomic E-state index is 0.154. The van der Waals surface area contributed by atoms with E-state index < -0.39 is 10.8 Å². The zero-order chi connectivity index (χ0) is 15.1. The first-order valence-electron chi connectivity index (χ1n) is 7.38. The van der Waals surface area contributed by atoms with Crippen LogP contribution in [0.15, 0.2) is 54.6 Å². The van der Waals surface area contributed by atoms with Crippen molar-refractivity contribution in [2.75, 3.05) is 12.3 Å². The summed E-state index contributed by atoms with van der Waals surface area (Å²) in [6, 6.07) is 18.7. The maximum absolute atomic E-state index is 12.5. The van der Waals surface area contributed by atoms with Gasteiger partial charge in [-0.2, -0.15) is 0 Å². The van der Waals surface area contributed by atoms with E-state index in [4.69, 9.17) is 0 Å². The summed E-state index contributed by atoms with van der Waals surface area (Å²) in [5.41, 5.74) is 3.57. The number of hydrogen-bond donors (Lipinski definition) is 1. The summed E-state index contributed by atoms with van der Waals surface area (Å²) >= 11 is 0. The molecule has 0 aliphatic carbocycles. The molecule has 2 aromatic carbocycles. The lowest BCUT2D eigenvalue weighted by Gasteiger charge is -2.18. The van der Waals surface area contributed by atoms with Crippen LogP contribution in [-0.4, -0.2) is 16.5 Å². The van der Waals surface area contributed by atoms with Gasteiger partial charge < -0.3 is 5.32 Å². The van der Waals surface area contributed by atoms with Crippen LogP contribution in [0, 0.1) is 6.92 Å². The fourth-order valence-corrected chi connectivity index (χ4v) is 3.79. The lowest BCUT2D eigenvalue weighted by atomic mass is 10.1.